The number of hydrogen-bond donors (Lipinski definition) is 0. The molecule has 1 heterocycles. The summed E-state index contributed by atoms with van der Waals surface area (Å²) in [7, 11) is 0. The zero-order valence-corrected chi connectivity index (χ0v) is 18.5. The van der Waals surface area contributed by atoms with Crippen molar-refractivity contribution in [2.75, 3.05) is 12.4 Å². The van der Waals surface area contributed by atoms with E-state index in [9.17, 15) is 0 Å². The molecule has 0 aliphatic carbocycles. The van der Waals surface area contributed by atoms with E-state index in [1.165, 1.54) is 11.1 Å². The van der Waals surface area contributed by atoms with Gasteiger partial charge in [-0.2, -0.15) is 0 Å². The molecule has 0 bridgehead atoms. The first kappa shape index (κ1) is 20.9. The average Bonchev–Trinajstić information content (AvgIpc) is 3.22. The molecule has 0 amide bonds. The molecule has 0 spiro atoms. The Labute approximate surface area is 187 Å². The predicted molar refractivity (Wildman–Crippen MR) is 129 cm³/mol. The summed E-state index contributed by atoms with van der Waals surface area (Å²) in [6.07, 6.45) is 4.29. The zero-order valence-electron chi connectivity index (χ0n) is 17.7. The van der Waals surface area contributed by atoms with E-state index in [1.807, 2.05) is 37.3 Å². The van der Waals surface area contributed by atoms with Gasteiger partial charge >= 0.3 is 0 Å². The highest BCUT2D eigenvalue weighted by Crippen LogP contribution is 2.29. The molecule has 0 N–H and O–H groups in total. The minimum Gasteiger partial charge on any atom is -0.494 e. The molecule has 0 aliphatic heterocycles. The second-order valence-electron chi connectivity index (χ2n) is 7.06. The molecular weight excluding hydrogens is 402 g/mol. The van der Waals surface area contributed by atoms with Crippen LogP contribution in [0.25, 0.3) is 23.2 Å². The molecular formula is C26H25N3OS. The first-order chi connectivity index (χ1) is 15.2. The Morgan fingerprint density at radius 1 is 0.903 bits per heavy atom. The zero-order chi connectivity index (χ0) is 21.5. The number of benzene rings is 3. The lowest BCUT2D eigenvalue weighted by Gasteiger charge is -2.11. The van der Waals surface area contributed by atoms with Crippen LogP contribution < -0.4 is 4.74 Å². The quantitative estimate of drug-likeness (QED) is 0.303. The van der Waals surface area contributed by atoms with Crippen LogP contribution >= 0.6 is 11.8 Å². The molecule has 4 aromatic rings. The minimum absolute atomic E-state index is 0.648. The predicted octanol–water partition coefficient (Wildman–Crippen LogP) is 6.45. The number of rotatable bonds is 8. The van der Waals surface area contributed by atoms with Crippen LogP contribution in [0.15, 0.2) is 90.1 Å². The van der Waals surface area contributed by atoms with E-state index in [0.29, 0.717) is 6.61 Å². The molecule has 0 saturated heterocycles. The number of aromatic nitrogens is 3. The van der Waals surface area contributed by atoms with Gasteiger partial charge in [0.1, 0.15) is 5.75 Å². The van der Waals surface area contributed by atoms with Crippen molar-refractivity contribution < 1.29 is 4.74 Å². The largest absolute Gasteiger partial charge is 0.494 e. The van der Waals surface area contributed by atoms with Crippen LogP contribution in [-0.4, -0.2) is 27.1 Å². The van der Waals surface area contributed by atoms with Gasteiger partial charge < -0.3 is 4.74 Å². The monoisotopic (exact) mass is 427 g/mol. The van der Waals surface area contributed by atoms with E-state index in [-0.39, 0.29) is 0 Å². The average molecular weight is 428 g/mol. The highest BCUT2D eigenvalue weighted by atomic mass is 32.2. The van der Waals surface area contributed by atoms with E-state index < -0.39 is 0 Å². The molecule has 5 heteroatoms. The number of thioether (sulfide) groups is 1. The second kappa shape index (κ2) is 10.1. The Morgan fingerprint density at radius 2 is 1.65 bits per heavy atom. The van der Waals surface area contributed by atoms with E-state index >= 15 is 0 Å². The van der Waals surface area contributed by atoms with Crippen LogP contribution in [-0.2, 0) is 0 Å². The third-order valence-electron chi connectivity index (χ3n) is 4.77. The summed E-state index contributed by atoms with van der Waals surface area (Å²) in [5, 5.41) is 9.89. The second-order valence-corrected chi connectivity index (χ2v) is 8.05. The molecule has 31 heavy (non-hydrogen) atoms. The van der Waals surface area contributed by atoms with E-state index in [2.05, 4.69) is 82.4 Å². The van der Waals surface area contributed by atoms with Gasteiger partial charge in [-0.1, -0.05) is 84.1 Å². The van der Waals surface area contributed by atoms with Crippen molar-refractivity contribution in [1.29, 1.82) is 0 Å². The Bertz CT molecular complexity index is 1130. The topological polar surface area (TPSA) is 39.9 Å². The summed E-state index contributed by atoms with van der Waals surface area (Å²) < 4.78 is 7.72. The fourth-order valence-electron chi connectivity index (χ4n) is 3.21. The third kappa shape index (κ3) is 5.25. The highest BCUT2D eigenvalue weighted by Gasteiger charge is 2.16. The fourth-order valence-corrected chi connectivity index (χ4v) is 3.98. The summed E-state index contributed by atoms with van der Waals surface area (Å²) in [5.74, 6) is 2.49. The number of nitrogens with zero attached hydrogens (tertiary/aromatic N) is 3. The first-order valence-electron chi connectivity index (χ1n) is 10.3. The van der Waals surface area contributed by atoms with Crippen LogP contribution in [0.2, 0.25) is 0 Å². The third-order valence-corrected chi connectivity index (χ3v) is 5.65. The molecule has 4 nitrogen and oxygen atoms in total. The van der Waals surface area contributed by atoms with Crippen molar-refractivity contribution in [2.24, 2.45) is 0 Å². The lowest BCUT2D eigenvalue weighted by Crippen LogP contribution is -2.00. The maximum Gasteiger partial charge on any atom is 0.196 e. The molecule has 1 aromatic heterocycles. The van der Waals surface area contributed by atoms with Gasteiger partial charge in [0, 0.05) is 17.0 Å². The van der Waals surface area contributed by atoms with Gasteiger partial charge in [0.25, 0.3) is 0 Å². The summed E-state index contributed by atoms with van der Waals surface area (Å²) in [4.78, 5) is 0. The molecule has 0 radical (unpaired) electrons. The van der Waals surface area contributed by atoms with Crippen molar-refractivity contribution in [3.8, 4) is 22.8 Å². The van der Waals surface area contributed by atoms with Gasteiger partial charge in [0.05, 0.1) is 6.61 Å². The number of aryl methyl sites for hydroxylation is 1. The maximum atomic E-state index is 5.60. The molecule has 0 atom stereocenters. The van der Waals surface area contributed by atoms with E-state index in [4.69, 9.17) is 4.74 Å². The smallest absolute Gasteiger partial charge is 0.196 e. The molecule has 0 unspecified atom stereocenters. The lowest BCUT2D eigenvalue weighted by atomic mass is 10.1. The molecule has 4 rings (SSSR count). The van der Waals surface area contributed by atoms with Crippen molar-refractivity contribution in [3.63, 3.8) is 0 Å². The van der Waals surface area contributed by atoms with Crippen molar-refractivity contribution in [3.05, 3.63) is 96.1 Å². The number of ether oxygens (including phenoxy) is 1. The summed E-state index contributed by atoms with van der Waals surface area (Å²) >= 11 is 1.67. The Hall–Kier alpha value is -3.31. The van der Waals surface area contributed by atoms with Crippen molar-refractivity contribution in [1.82, 2.24) is 14.8 Å². The molecule has 156 valence electrons. The maximum absolute atomic E-state index is 5.60. The van der Waals surface area contributed by atoms with Crippen LogP contribution in [0.3, 0.4) is 0 Å². The Balaban J connectivity index is 1.63. The summed E-state index contributed by atoms with van der Waals surface area (Å²) in [6, 6.07) is 26.8. The first-order valence-corrected chi connectivity index (χ1v) is 11.3. The van der Waals surface area contributed by atoms with Crippen LogP contribution in [0, 0.1) is 6.92 Å². The van der Waals surface area contributed by atoms with Gasteiger partial charge in [0.2, 0.25) is 0 Å². The van der Waals surface area contributed by atoms with Gasteiger partial charge in [-0.15, -0.1) is 10.2 Å². The van der Waals surface area contributed by atoms with Gasteiger partial charge in [-0.05, 0) is 43.7 Å². The standard InChI is InChI=1S/C26H25N3OS/c1-3-30-24-17-15-23(16-18-24)29-25(22-13-11-20(2)12-14-22)27-28-26(29)31-19-7-10-21-8-5-4-6-9-21/h4-18H,3,19H2,1-2H3/b10-7+. The molecule has 3 aromatic carbocycles. The normalized spacial score (nSPS) is 11.2. The highest BCUT2D eigenvalue weighted by molar-refractivity contribution is 7.99. The van der Waals surface area contributed by atoms with Crippen LogP contribution in [0.1, 0.15) is 18.1 Å². The van der Waals surface area contributed by atoms with Crippen molar-refractivity contribution >= 4 is 17.8 Å². The molecule has 0 saturated carbocycles. The van der Waals surface area contributed by atoms with Gasteiger partial charge in [-0.25, -0.2) is 0 Å². The minimum atomic E-state index is 0.648. The van der Waals surface area contributed by atoms with Crippen LogP contribution in [0.5, 0.6) is 5.75 Å². The Kier molecular flexibility index (Phi) is 6.85. The van der Waals surface area contributed by atoms with Crippen LogP contribution in [0.4, 0.5) is 0 Å². The summed E-state index contributed by atoms with van der Waals surface area (Å²) in [5.41, 5.74) is 4.46. The number of hydrogen-bond acceptors (Lipinski definition) is 4. The summed E-state index contributed by atoms with van der Waals surface area (Å²) in [6.45, 7) is 4.72. The van der Waals surface area contributed by atoms with Gasteiger partial charge in [-0.3, -0.25) is 4.57 Å². The molecule has 0 aliphatic rings. The Morgan fingerprint density at radius 3 is 2.35 bits per heavy atom. The lowest BCUT2D eigenvalue weighted by molar-refractivity contribution is 0.340. The van der Waals surface area contributed by atoms with Gasteiger partial charge in [0.15, 0.2) is 11.0 Å². The van der Waals surface area contributed by atoms with E-state index in [0.717, 1.165) is 33.7 Å². The fraction of sp³-hybridized carbons (Fsp3) is 0.154. The van der Waals surface area contributed by atoms with Crippen molar-refractivity contribution in [2.45, 2.75) is 19.0 Å². The SMILES string of the molecule is CCOc1ccc(-n2c(SC/C=C/c3ccccc3)nnc2-c2ccc(C)cc2)cc1. The molecule has 0 fully saturated rings. The van der Waals surface area contributed by atoms with E-state index in [1.54, 1.807) is 11.8 Å².